The highest BCUT2D eigenvalue weighted by Crippen LogP contribution is 2.24. The molecule has 0 aliphatic rings. The zero-order valence-electron chi connectivity index (χ0n) is 8.12. The van der Waals surface area contributed by atoms with Crippen molar-refractivity contribution in [3.63, 3.8) is 0 Å². The van der Waals surface area contributed by atoms with Gasteiger partial charge < -0.3 is 5.73 Å². The minimum Gasteiger partial charge on any atom is -0.325 e. The lowest BCUT2D eigenvalue weighted by Gasteiger charge is -2.13. The molecule has 2 N–H and O–H groups in total. The van der Waals surface area contributed by atoms with Gasteiger partial charge in [0.05, 0.1) is 11.5 Å². The standard InChI is InChI=1S/C9H9F3N2O2/c10-8-2-1-7(14(15)16)3-6(8)4-9(11,12)5-13/h1-3H,4-5,13H2. The molecule has 4 nitrogen and oxygen atoms in total. The van der Waals surface area contributed by atoms with Crippen LogP contribution in [0.2, 0.25) is 0 Å². The van der Waals surface area contributed by atoms with Crippen molar-refractivity contribution >= 4 is 5.69 Å². The number of nitrogens with two attached hydrogens (primary N) is 1. The molecule has 1 rings (SSSR count). The van der Waals surface area contributed by atoms with Crippen molar-refractivity contribution in [3.05, 3.63) is 39.7 Å². The highest BCUT2D eigenvalue weighted by Gasteiger charge is 2.29. The van der Waals surface area contributed by atoms with Crippen molar-refractivity contribution in [2.24, 2.45) is 5.73 Å². The summed E-state index contributed by atoms with van der Waals surface area (Å²) in [5.74, 6) is -4.17. The van der Waals surface area contributed by atoms with Gasteiger partial charge in [0.15, 0.2) is 0 Å². The second kappa shape index (κ2) is 4.48. The van der Waals surface area contributed by atoms with Gasteiger partial charge >= 0.3 is 0 Å². The fourth-order valence-electron chi connectivity index (χ4n) is 1.16. The second-order valence-corrected chi connectivity index (χ2v) is 3.27. The Morgan fingerprint density at radius 2 is 2.06 bits per heavy atom. The molecule has 0 fully saturated rings. The Morgan fingerprint density at radius 3 is 2.56 bits per heavy atom. The number of hydrogen-bond acceptors (Lipinski definition) is 3. The van der Waals surface area contributed by atoms with Gasteiger partial charge in [0.2, 0.25) is 0 Å². The predicted molar refractivity (Wildman–Crippen MR) is 50.8 cm³/mol. The van der Waals surface area contributed by atoms with Crippen LogP contribution in [0.15, 0.2) is 18.2 Å². The molecule has 0 aliphatic carbocycles. The number of non-ortho nitro benzene ring substituents is 1. The summed E-state index contributed by atoms with van der Waals surface area (Å²) >= 11 is 0. The average Bonchev–Trinajstić information content (AvgIpc) is 2.21. The number of nitro groups is 1. The van der Waals surface area contributed by atoms with E-state index in [-0.39, 0.29) is 0 Å². The van der Waals surface area contributed by atoms with E-state index in [4.69, 9.17) is 5.73 Å². The van der Waals surface area contributed by atoms with Crippen LogP contribution in [0.4, 0.5) is 18.9 Å². The lowest BCUT2D eigenvalue weighted by molar-refractivity contribution is -0.385. The van der Waals surface area contributed by atoms with Crippen molar-refractivity contribution in [1.29, 1.82) is 0 Å². The number of rotatable bonds is 4. The first kappa shape index (κ1) is 12.4. The molecular weight excluding hydrogens is 225 g/mol. The number of benzene rings is 1. The van der Waals surface area contributed by atoms with Gasteiger partial charge in [-0.15, -0.1) is 0 Å². The van der Waals surface area contributed by atoms with Crippen LogP contribution in [0, 0.1) is 15.9 Å². The van der Waals surface area contributed by atoms with Crippen LogP contribution in [-0.2, 0) is 6.42 Å². The van der Waals surface area contributed by atoms with E-state index in [9.17, 15) is 23.3 Å². The highest BCUT2D eigenvalue weighted by atomic mass is 19.3. The molecule has 1 aromatic rings. The Labute approximate surface area is 89.0 Å². The largest absolute Gasteiger partial charge is 0.325 e. The summed E-state index contributed by atoms with van der Waals surface area (Å²) in [5.41, 5.74) is 3.96. The van der Waals surface area contributed by atoms with Crippen LogP contribution in [0.5, 0.6) is 0 Å². The van der Waals surface area contributed by atoms with Crippen LogP contribution < -0.4 is 5.73 Å². The molecule has 0 bridgehead atoms. The molecule has 1 aromatic carbocycles. The van der Waals surface area contributed by atoms with Crippen molar-refractivity contribution in [1.82, 2.24) is 0 Å². The van der Waals surface area contributed by atoms with Gasteiger partial charge in [0.25, 0.3) is 11.6 Å². The van der Waals surface area contributed by atoms with E-state index < -0.39 is 40.9 Å². The number of nitrogens with zero attached hydrogens (tertiary/aromatic N) is 1. The van der Waals surface area contributed by atoms with Gasteiger partial charge in [-0.25, -0.2) is 13.2 Å². The Bertz CT molecular complexity index is 410. The topological polar surface area (TPSA) is 69.2 Å². The van der Waals surface area contributed by atoms with Gasteiger partial charge in [-0.1, -0.05) is 0 Å². The van der Waals surface area contributed by atoms with Crippen molar-refractivity contribution in [2.75, 3.05) is 6.54 Å². The Hall–Kier alpha value is -1.63. The Kier molecular flexibility index (Phi) is 3.48. The fourth-order valence-corrected chi connectivity index (χ4v) is 1.16. The first-order chi connectivity index (χ1) is 7.35. The van der Waals surface area contributed by atoms with Crippen LogP contribution in [0.1, 0.15) is 5.56 Å². The Morgan fingerprint density at radius 1 is 1.44 bits per heavy atom. The van der Waals surface area contributed by atoms with Crippen molar-refractivity contribution in [3.8, 4) is 0 Å². The molecule has 88 valence electrons. The van der Waals surface area contributed by atoms with Gasteiger partial charge in [0.1, 0.15) is 5.82 Å². The average molecular weight is 234 g/mol. The van der Waals surface area contributed by atoms with Crippen LogP contribution in [0.25, 0.3) is 0 Å². The third-order valence-corrected chi connectivity index (χ3v) is 1.99. The first-order valence-corrected chi connectivity index (χ1v) is 4.36. The predicted octanol–water partition coefficient (Wildman–Crippen LogP) is 1.87. The van der Waals surface area contributed by atoms with E-state index >= 15 is 0 Å². The van der Waals surface area contributed by atoms with Gasteiger partial charge in [-0.05, 0) is 6.07 Å². The summed E-state index contributed by atoms with van der Waals surface area (Å²) in [5, 5.41) is 10.4. The Balaban J connectivity index is 3.03. The van der Waals surface area contributed by atoms with E-state index in [0.717, 1.165) is 18.2 Å². The molecule has 0 amide bonds. The maximum atomic E-state index is 13.1. The van der Waals surface area contributed by atoms with Gasteiger partial charge in [-0.3, -0.25) is 10.1 Å². The van der Waals surface area contributed by atoms with Crippen molar-refractivity contribution < 1.29 is 18.1 Å². The smallest absolute Gasteiger partial charge is 0.269 e. The molecule has 0 spiro atoms. The first-order valence-electron chi connectivity index (χ1n) is 4.36. The molecule has 7 heteroatoms. The molecule has 0 saturated heterocycles. The molecule has 16 heavy (non-hydrogen) atoms. The molecule has 0 radical (unpaired) electrons. The highest BCUT2D eigenvalue weighted by molar-refractivity contribution is 5.35. The lowest BCUT2D eigenvalue weighted by atomic mass is 10.1. The molecule has 0 saturated carbocycles. The number of nitro benzene ring substituents is 1. The number of alkyl halides is 2. The fraction of sp³-hybridized carbons (Fsp3) is 0.333. The van der Waals surface area contributed by atoms with Crippen LogP contribution in [-0.4, -0.2) is 17.4 Å². The van der Waals surface area contributed by atoms with Gasteiger partial charge in [0, 0.05) is 24.1 Å². The minimum absolute atomic E-state index is 0.412. The third-order valence-electron chi connectivity index (χ3n) is 1.99. The van der Waals surface area contributed by atoms with E-state index in [1.807, 2.05) is 0 Å². The van der Waals surface area contributed by atoms with Crippen LogP contribution >= 0.6 is 0 Å². The van der Waals surface area contributed by atoms with E-state index in [0.29, 0.717) is 0 Å². The number of halogens is 3. The van der Waals surface area contributed by atoms with E-state index in [1.54, 1.807) is 0 Å². The maximum Gasteiger partial charge on any atom is 0.269 e. The molecule has 0 heterocycles. The SMILES string of the molecule is NCC(F)(F)Cc1cc([N+](=O)[O-])ccc1F. The zero-order valence-corrected chi connectivity index (χ0v) is 8.12. The quantitative estimate of drug-likeness (QED) is 0.638. The molecule has 0 atom stereocenters. The van der Waals surface area contributed by atoms with Crippen molar-refractivity contribution in [2.45, 2.75) is 12.3 Å². The summed E-state index contributed by atoms with van der Waals surface area (Å²) in [7, 11) is 0. The lowest BCUT2D eigenvalue weighted by Crippen LogP contribution is -2.30. The summed E-state index contributed by atoms with van der Waals surface area (Å²) in [6.45, 7) is -0.935. The maximum absolute atomic E-state index is 13.1. The van der Waals surface area contributed by atoms with E-state index in [1.165, 1.54) is 0 Å². The zero-order chi connectivity index (χ0) is 12.3. The minimum atomic E-state index is -3.27. The third kappa shape index (κ3) is 2.93. The van der Waals surface area contributed by atoms with E-state index in [2.05, 4.69) is 0 Å². The molecule has 0 aliphatic heterocycles. The molecule has 0 unspecified atom stereocenters. The normalized spacial score (nSPS) is 11.5. The number of hydrogen-bond donors (Lipinski definition) is 1. The summed E-state index contributed by atoms with van der Waals surface area (Å²) in [6, 6.07) is 2.50. The molecular formula is C9H9F3N2O2. The van der Waals surface area contributed by atoms with Gasteiger partial charge in [-0.2, -0.15) is 0 Å². The monoisotopic (exact) mass is 234 g/mol. The molecule has 0 aromatic heterocycles. The second-order valence-electron chi connectivity index (χ2n) is 3.27. The van der Waals surface area contributed by atoms with Crippen LogP contribution in [0.3, 0.4) is 0 Å². The summed E-state index contributed by atoms with van der Waals surface area (Å²) < 4.78 is 38.9. The summed E-state index contributed by atoms with van der Waals surface area (Å²) in [4.78, 5) is 9.60. The summed E-state index contributed by atoms with van der Waals surface area (Å²) in [6.07, 6.45) is -0.947.